The largest absolute Gasteiger partial charge is 0.370 e. The second-order valence-electron chi connectivity index (χ2n) is 3.13. The average Bonchev–Trinajstić information content (AvgIpc) is 2.34. The van der Waals surface area contributed by atoms with Crippen LogP contribution < -0.4 is 11.5 Å². The Balaban J connectivity index is 0.00000196. The zero-order valence-corrected chi connectivity index (χ0v) is 9.54. The van der Waals surface area contributed by atoms with Crippen molar-refractivity contribution in [1.29, 1.82) is 0 Å². The van der Waals surface area contributed by atoms with Gasteiger partial charge < -0.3 is 16.0 Å². The summed E-state index contributed by atoms with van der Waals surface area (Å²) < 4.78 is 1.86. The van der Waals surface area contributed by atoms with Gasteiger partial charge in [-0.2, -0.15) is 4.99 Å². The molecule has 0 aliphatic heterocycles. The maximum atomic E-state index is 11.3. The molecule has 1 rings (SSSR count). The summed E-state index contributed by atoms with van der Waals surface area (Å²) in [4.78, 5) is 14.7. The molecule has 0 aromatic carbocycles. The van der Waals surface area contributed by atoms with Crippen molar-refractivity contribution in [2.75, 3.05) is 0 Å². The van der Waals surface area contributed by atoms with E-state index in [0.717, 1.165) is 11.4 Å². The molecule has 0 saturated heterocycles. The van der Waals surface area contributed by atoms with Crippen molar-refractivity contribution >= 4 is 24.3 Å². The van der Waals surface area contributed by atoms with Crippen LogP contribution in [0, 0.1) is 13.8 Å². The number of hydrogen-bond acceptors (Lipinski definition) is 1. The number of nitrogens with two attached hydrogens (primary N) is 2. The Morgan fingerprint density at radius 3 is 2.20 bits per heavy atom. The topological polar surface area (TPSA) is 86.4 Å². The highest BCUT2D eigenvalue weighted by molar-refractivity contribution is 5.91. The predicted molar refractivity (Wildman–Crippen MR) is 62.0 cm³/mol. The molecule has 6 heteroatoms. The van der Waals surface area contributed by atoms with Gasteiger partial charge in [-0.3, -0.25) is 4.79 Å². The van der Waals surface area contributed by atoms with Crippen LogP contribution in [-0.4, -0.2) is 16.4 Å². The first-order chi connectivity index (χ1) is 6.50. The highest BCUT2D eigenvalue weighted by atomic mass is 35.5. The van der Waals surface area contributed by atoms with Gasteiger partial charge >= 0.3 is 0 Å². The maximum absolute atomic E-state index is 11.3. The summed E-state index contributed by atoms with van der Waals surface area (Å²) in [5, 5.41) is 0. The molecule has 0 unspecified atom stereocenters. The number of amides is 1. The second kappa shape index (κ2) is 5.41. The monoisotopic (exact) mass is 230 g/mol. The molecule has 1 aromatic heterocycles. The van der Waals surface area contributed by atoms with Crippen LogP contribution in [0.5, 0.6) is 0 Å². The van der Waals surface area contributed by atoms with Crippen LogP contribution >= 0.6 is 12.4 Å². The summed E-state index contributed by atoms with van der Waals surface area (Å²) in [7, 11) is 0. The van der Waals surface area contributed by atoms with Gasteiger partial charge in [-0.15, -0.1) is 12.4 Å². The molecule has 5 nitrogen and oxygen atoms in total. The molecule has 84 valence electrons. The summed E-state index contributed by atoms with van der Waals surface area (Å²) in [6.07, 6.45) is 0. The highest BCUT2D eigenvalue weighted by Gasteiger charge is 2.05. The molecule has 0 bridgehead atoms. The number of aliphatic imine (C=N–C) groups is 1. The van der Waals surface area contributed by atoms with Crippen LogP contribution in [0.4, 0.5) is 0 Å². The third kappa shape index (κ3) is 3.63. The molecular formula is C9H15ClN4O. The lowest BCUT2D eigenvalue weighted by Gasteiger charge is -2.05. The van der Waals surface area contributed by atoms with Crippen molar-refractivity contribution in [2.24, 2.45) is 16.5 Å². The van der Waals surface area contributed by atoms with Gasteiger partial charge in [-0.25, -0.2) is 0 Å². The number of aromatic nitrogens is 1. The Hall–Kier alpha value is -1.49. The quantitative estimate of drug-likeness (QED) is 0.567. The Labute approximate surface area is 94.6 Å². The van der Waals surface area contributed by atoms with Crippen LogP contribution in [0.1, 0.15) is 11.4 Å². The number of hydrogen-bond donors (Lipinski definition) is 2. The van der Waals surface area contributed by atoms with Crippen molar-refractivity contribution < 1.29 is 4.79 Å². The average molecular weight is 231 g/mol. The Morgan fingerprint density at radius 1 is 1.33 bits per heavy atom. The molecule has 15 heavy (non-hydrogen) atoms. The summed E-state index contributed by atoms with van der Waals surface area (Å²) >= 11 is 0. The smallest absolute Gasteiger partial charge is 0.268 e. The fraction of sp³-hybridized carbons (Fsp3) is 0.333. The van der Waals surface area contributed by atoms with E-state index in [2.05, 4.69) is 4.99 Å². The standard InChI is InChI=1S/C9H14N4O.ClH/c1-6-3-4-7(2)13(6)5-8(14)12-9(10)11;/h3-4H,5H2,1-2H3,(H4,10,11,12,14);1H. The fourth-order valence-corrected chi connectivity index (χ4v) is 1.26. The molecule has 0 fully saturated rings. The minimum Gasteiger partial charge on any atom is -0.370 e. The maximum Gasteiger partial charge on any atom is 0.268 e. The van der Waals surface area contributed by atoms with E-state index in [1.165, 1.54) is 0 Å². The Kier molecular flexibility index (Phi) is 4.87. The van der Waals surface area contributed by atoms with Crippen molar-refractivity contribution in [3.63, 3.8) is 0 Å². The van der Waals surface area contributed by atoms with E-state index in [4.69, 9.17) is 11.5 Å². The third-order valence-corrected chi connectivity index (χ3v) is 1.96. The number of halogens is 1. The zero-order valence-electron chi connectivity index (χ0n) is 8.73. The van der Waals surface area contributed by atoms with E-state index >= 15 is 0 Å². The van der Waals surface area contributed by atoms with Gasteiger partial charge in [-0.1, -0.05) is 0 Å². The molecule has 1 heterocycles. The van der Waals surface area contributed by atoms with Crippen LogP contribution in [0.25, 0.3) is 0 Å². The lowest BCUT2D eigenvalue weighted by Crippen LogP contribution is -2.25. The molecular weight excluding hydrogens is 216 g/mol. The molecule has 1 amide bonds. The molecule has 4 N–H and O–H groups in total. The van der Waals surface area contributed by atoms with Gasteiger partial charge in [0.1, 0.15) is 6.54 Å². The first-order valence-corrected chi connectivity index (χ1v) is 4.26. The van der Waals surface area contributed by atoms with E-state index in [-0.39, 0.29) is 30.8 Å². The first-order valence-electron chi connectivity index (χ1n) is 4.26. The molecule has 0 atom stereocenters. The van der Waals surface area contributed by atoms with Gasteiger partial charge in [0.25, 0.3) is 5.91 Å². The van der Waals surface area contributed by atoms with Gasteiger partial charge in [0.2, 0.25) is 0 Å². The fourth-order valence-electron chi connectivity index (χ4n) is 1.26. The number of guanidine groups is 1. The summed E-state index contributed by atoms with van der Waals surface area (Å²) in [5.74, 6) is -0.537. The minimum atomic E-state index is -0.340. The lowest BCUT2D eigenvalue weighted by molar-refractivity contribution is -0.118. The van der Waals surface area contributed by atoms with Crippen LogP contribution in [-0.2, 0) is 11.3 Å². The van der Waals surface area contributed by atoms with Crippen LogP contribution in [0.15, 0.2) is 17.1 Å². The van der Waals surface area contributed by atoms with Gasteiger partial charge in [0.05, 0.1) is 0 Å². The number of carbonyl (C=O) groups is 1. The van der Waals surface area contributed by atoms with Gasteiger partial charge in [0, 0.05) is 11.4 Å². The molecule has 0 spiro atoms. The van der Waals surface area contributed by atoms with Crippen molar-refractivity contribution in [3.05, 3.63) is 23.5 Å². The van der Waals surface area contributed by atoms with Gasteiger partial charge in [-0.05, 0) is 26.0 Å². The van der Waals surface area contributed by atoms with E-state index in [1.54, 1.807) is 0 Å². The SMILES string of the molecule is Cc1ccc(C)n1CC(=O)N=C(N)N.Cl. The second-order valence-corrected chi connectivity index (χ2v) is 3.13. The Morgan fingerprint density at radius 2 is 1.80 bits per heavy atom. The predicted octanol–water partition coefficient (Wildman–Crippen LogP) is 0.327. The third-order valence-electron chi connectivity index (χ3n) is 1.96. The summed E-state index contributed by atoms with van der Waals surface area (Å²) in [6, 6.07) is 3.89. The van der Waals surface area contributed by atoms with Crippen molar-refractivity contribution in [2.45, 2.75) is 20.4 Å². The molecule has 0 saturated carbocycles. The number of nitrogens with zero attached hydrogens (tertiary/aromatic N) is 2. The van der Waals surface area contributed by atoms with E-state index in [9.17, 15) is 4.79 Å². The summed E-state index contributed by atoms with van der Waals surface area (Å²) in [6.45, 7) is 4.04. The zero-order chi connectivity index (χ0) is 10.7. The summed E-state index contributed by atoms with van der Waals surface area (Å²) in [5.41, 5.74) is 12.2. The molecule has 0 aliphatic carbocycles. The van der Waals surface area contributed by atoms with Crippen molar-refractivity contribution in [3.8, 4) is 0 Å². The number of carbonyl (C=O) groups excluding carboxylic acids is 1. The van der Waals surface area contributed by atoms with E-state index in [1.807, 2.05) is 30.5 Å². The highest BCUT2D eigenvalue weighted by Crippen LogP contribution is 2.06. The molecule has 0 aliphatic rings. The minimum absolute atomic E-state index is 0. The van der Waals surface area contributed by atoms with E-state index < -0.39 is 0 Å². The van der Waals surface area contributed by atoms with Crippen LogP contribution in [0.3, 0.4) is 0 Å². The number of aryl methyl sites for hydroxylation is 2. The van der Waals surface area contributed by atoms with Crippen molar-refractivity contribution in [1.82, 2.24) is 4.57 Å². The Bertz CT molecular complexity index is 360. The van der Waals surface area contributed by atoms with E-state index in [0.29, 0.717) is 0 Å². The van der Waals surface area contributed by atoms with Gasteiger partial charge in [0.15, 0.2) is 5.96 Å². The number of rotatable bonds is 2. The normalized spacial score (nSPS) is 9.20. The first kappa shape index (κ1) is 13.5. The lowest BCUT2D eigenvalue weighted by atomic mass is 10.5. The van der Waals surface area contributed by atoms with Crippen LogP contribution in [0.2, 0.25) is 0 Å². The molecule has 0 radical (unpaired) electrons. The molecule has 1 aromatic rings.